The maximum Gasteiger partial charge on any atom is 0.257 e. The van der Waals surface area contributed by atoms with E-state index in [0.29, 0.717) is 28.8 Å². The van der Waals surface area contributed by atoms with Crippen molar-refractivity contribution in [1.82, 2.24) is 15.5 Å². The molecule has 1 heterocycles. The average Bonchev–Trinajstić information content (AvgIpc) is 2.99. The van der Waals surface area contributed by atoms with Gasteiger partial charge in [0.15, 0.2) is 5.82 Å². The zero-order valence-electron chi connectivity index (χ0n) is 12.4. The summed E-state index contributed by atoms with van der Waals surface area (Å²) in [6.07, 6.45) is 0. The van der Waals surface area contributed by atoms with E-state index in [4.69, 9.17) is 16.1 Å². The summed E-state index contributed by atoms with van der Waals surface area (Å²) < 4.78 is 5.09. The van der Waals surface area contributed by atoms with Gasteiger partial charge in [0.05, 0.1) is 0 Å². The number of hydrogen-bond donors (Lipinski definition) is 1. The van der Waals surface area contributed by atoms with Gasteiger partial charge in [0.1, 0.15) is 0 Å². The molecule has 0 spiro atoms. The highest BCUT2D eigenvalue weighted by Gasteiger charge is 2.09. The van der Waals surface area contributed by atoms with Crippen LogP contribution in [0.4, 0.5) is 0 Å². The standard InChI is InChI=1S/C17H14ClN3O2/c1-11-20-17(23-21-11)14-7-5-13(6-8-14)16(22)19-10-12-3-2-4-15(18)9-12/h2-9H,10H2,1H3,(H,19,22). The molecule has 0 fully saturated rings. The van der Waals surface area contributed by atoms with E-state index in [2.05, 4.69) is 15.5 Å². The lowest BCUT2D eigenvalue weighted by Gasteiger charge is -2.06. The number of carbonyl (C=O) groups excluding carboxylic acids is 1. The number of halogens is 1. The molecule has 0 aliphatic rings. The van der Waals surface area contributed by atoms with Gasteiger partial charge >= 0.3 is 0 Å². The second kappa shape index (κ2) is 6.62. The van der Waals surface area contributed by atoms with Crippen LogP contribution in [0.1, 0.15) is 21.7 Å². The molecule has 0 bridgehead atoms. The van der Waals surface area contributed by atoms with Gasteiger partial charge in [-0.3, -0.25) is 4.79 Å². The molecule has 6 heteroatoms. The first kappa shape index (κ1) is 15.2. The first-order valence-electron chi connectivity index (χ1n) is 7.05. The number of aromatic nitrogens is 2. The number of benzene rings is 2. The fourth-order valence-electron chi connectivity index (χ4n) is 2.11. The minimum Gasteiger partial charge on any atom is -0.348 e. The van der Waals surface area contributed by atoms with Gasteiger partial charge in [-0.15, -0.1) is 0 Å². The predicted molar refractivity (Wildman–Crippen MR) is 87.1 cm³/mol. The lowest BCUT2D eigenvalue weighted by atomic mass is 10.1. The van der Waals surface area contributed by atoms with Crippen LogP contribution < -0.4 is 5.32 Å². The van der Waals surface area contributed by atoms with Gasteiger partial charge in [0.25, 0.3) is 11.8 Å². The molecule has 116 valence electrons. The fourth-order valence-corrected chi connectivity index (χ4v) is 2.32. The number of amides is 1. The van der Waals surface area contributed by atoms with Gasteiger partial charge in [0.2, 0.25) is 0 Å². The lowest BCUT2D eigenvalue weighted by molar-refractivity contribution is 0.0951. The minimum absolute atomic E-state index is 0.154. The Morgan fingerprint density at radius 1 is 1.22 bits per heavy atom. The van der Waals surface area contributed by atoms with Crippen molar-refractivity contribution in [3.05, 3.63) is 70.5 Å². The van der Waals surface area contributed by atoms with Gasteiger partial charge in [0, 0.05) is 22.7 Å². The molecule has 1 aromatic heterocycles. The van der Waals surface area contributed by atoms with E-state index in [9.17, 15) is 4.79 Å². The van der Waals surface area contributed by atoms with E-state index in [1.54, 1.807) is 37.3 Å². The Bertz CT molecular complexity index is 828. The monoisotopic (exact) mass is 327 g/mol. The molecule has 1 amide bonds. The molecule has 0 radical (unpaired) electrons. The lowest BCUT2D eigenvalue weighted by Crippen LogP contribution is -2.22. The number of aryl methyl sites for hydroxylation is 1. The Balaban J connectivity index is 1.66. The first-order valence-corrected chi connectivity index (χ1v) is 7.43. The van der Waals surface area contributed by atoms with Crippen LogP contribution in [0.2, 0.25) is 5.02 Å². The maximum absolute atomic E-state index is 12.2. The van der Waals surface area contributed by atoms with Gasteiger partial charge in [-0.2, -0.15) is 4.98 Å². The summed E-state index contributed by atoms with van der Waals surface area (Å²) in [7, 11) is 0. The molecule has 0 atom stereocenters. The van der Waals surface area contributed by atoms with Crippen LogP contribution in [0.25, 0.3) is 11.5 Å². The topological polar surface area (TPSA) is 68.0 Å². The number of rotatable bonds is 4. The van der Waals surface area contributed by atoms with Crippen molar-refractivity contribution in [3.63, 3.8) is 0 Å². The molecule has 3 rings (SSSR count). The molecule has 5 nitrogen and oxygen atoms in total. The van der Waals surface area contributed by atoms with Crippen molar-refractivity contribution in [2.75, 3.05) is 0 Å². The summed E-state index contributed by atoms with van der Waals surface area (Å²) in [4.78, 5) is 16.3. The molecule has 0 unspecified atom stereocenters. The van der Waals surface area contributed by atoms with Crippen LogP contribution in [-0.2, 0) is 6.54 Å². The zero-order valence-corrected chi connectivity index (χ0v) is 13.2. The van der Waals surface area contributed by atoms with E-state index in [0.717, 1.165) is 11.1 Å². The average molecular weight is 328 g/mol. The number of hydrogen-bond acceptors (Lipinski definition) is 4. The maximum atomic E-state index is 12.2. The smallest absolute Gasteiger partial charge is 0.257 e. The van der Waals surface area contributed by atoms with E-state index in [-0.39, 0.29) is 5.91 Å². The fraction of sp³-hybridized carbons (Fsp3) is 0.118. The Morgan fingerprint density at radius 3 is 2.65 bits per heavy atom. The van der Waals surface area contributed by atoms with Gasteiger partial charge in [-0.1, -0.05) is 28.9 Å². The van der Waals surface area contributed by atoms with Crippen molar-refractivity contribution in [2.45, 2.75) is 13.5 Å². The van der Waals surface area contributed by atoms with E-state index >= 15 is 0 Å². The summed E-state index contributed by atoms with van der Waals surface area (Å²) in [6.45, 7) is 2.18. The zero-order chi connectivity index (χ0) is 16.2. The highest BCUT2D eigenvalue weighted by atomic mass is 35.5. The van der Waals surface area contributed by atoms with Crippen LogP contribution in [0.3, 0.4) is 0 Å². The van der Waals surface area contributed by atoms with E-state index in [1.165, 1.54) is 0 Å². The molecule has 3 aromatic rings. The Morgan fingerprint density at radius 2 is 2.00 bits per heavy atom. The molecule has 0 saturated carbocycles. The Hall–Kier alpha value is -2.66. The van der Waals surface area contributed by atoms with Gasteiger partial charge in [-0.05, 0) is 48.9 Å². The quantitative estimate of drug-likeness (QED) is 0.794. The van der Waals surface area contributed by atoms with Gasteiger partial charge < -0.3 is 9.84 Å². The highest BCUT2D eigenvalue weighted by Crippen LogP contribution is 2.17. The third kappa shape index (κ3) is 3.76. The molecule has 0 aliphatic heterocycles. The summed E-state index contributed by atoms with van der Waals surface area (Å²) in [5.41, 5.74) is 2.29. The molecule has 23 heavy (non-hydrogen) atoms. The van der Waals surface area contributed by atoms with Crippen LogP contribution >= 0.6 is 11.6 Å². The van der Waals surface area contributed by atoms with Crippen LogP contribution in [0.5, 0.6) is 0 Å². The summed E-state index contributed by atoms with van der Waals surface area (Å²) in [6, 6.07) is 14.4. The third-order valence-corrected chi connectivity index (χ3v) is 3.50. The normalized spacial score (nSPS) is 10.5. The summed E-state index contributed by atoms with van der Waals surface area (Å²) in [5, 5.41) is 7.25. The second-order valence-electron chi connectivity index (χ2n) is 5.04. The molecule has 0 saturated heterocycles. The van der Waals surface area contributed by atoms with Gasteiger partial charge in [-0.25, -0.2) is 0 Å². The largest absolute Gasteiger partial charge is 0.348 e. The second-order valence-corrected chi connectivity index (χ2v) is 5.47. The van der Waals surface area contributed by atoms with Crippen LogP contribution in [-0.4, -0.2) is 16.0 Å². The molecule has 0 aliphatic carbocycles. The van der Waals surface area contributed by atoms with Crippen molar-refractivity contribution < 1.29 is 9.32 Å². The SMILES string of the molecule is Cc1noc(-c2ccc(C(=O)NCc3cccc(Cl)c3)cc2)n1. The van der Waals surface area contributed by atoms with E-state index in [1.807, 2.05) is 18.2 Å². The summed E-state index contributed by atoms with van der Waals surface area (Å²) in [5.74, 6) is 0.856. The van der Waals surface area contributed by atoms with Crippen molar-refractivity contribution in [1.29, 1.82) is 0 Å². The number of carbonyl (C=O) groups is 1. The van der Waals surface area contributed by atoms with Crippen molar-refractivity contribution in [2.24, 2.45) is 0 Å². The third-order valence-electron chi connectivity index (χ3n) is 3.26. The number of nitrogens with zero attached hydrogens (tertiary/aromatic N) is 2. The molecule has 2 aromatic carbocycles. The number of nitrogens with one attached hydrogen (secondary N) is 1. The van der Waals surface area contributed by atoms with E-state index < -0.39 is 0 Å². The van der Waals surface area contributed by atoms with Crippen LogP contribution in [0, 0.1) is 6.92 Å². The minimum atomic E-state index is -0.154. The predicted octanol–water partition coefficient (Wildman–Crippen LogP) is 3.63. The molecular weight excluding hydrogens is 314 g/mol. The van der Waals surface area contributed by atoms with Crippen LogP contribution in [0.15, 0.2) is 53.1 Å². The highest BCUT2D eigenvalue weighted by molar-refractivity contribution is 6.30. The molecular formula is C17H14ClN3O2. The molecule has 1 N–H and O–H groups in total. The first-order chi connectivity index (χ1) is 11.1. The Labute approximate surface area is 138 Å². The Kier molecular flexibility index (Phi) is 4.39. The van der Waals surface area contributed by atoms with Crippen molar-refractivity contribution in [3.8, 4) is 11.5 Å². The van der Waals surface area contributed by atoms with Crippen molar-refractivity contribution >= 4 is 17.5 Å². The summed E-state index contributed by atoms with van der Waals surface area (Å²) >= 11 is 5.92.